The van der Waals surface area contributed by atoms with Gasteiger partial charge in [-0.05, 0) is 48.7 Å². The van der Waals surface area contributed by atoms with Crippen molar-refractivity contribution >= 4 is 28.4 Å². The van der Waals surface area contributed by atoms with Gasteiger partial charge in [0.2, 0.25) is 0 Å². The van der Waals surface area contributed by atoms with Crippen LogP contribution in [0.4, 0.5) is 0 Å². The Kier molecular flexibility index (Phi) is 6.44. The van der Waals surface area contributed by atoms with Crippen LogP contribution in [-0.4, -0.2) is 46.5 Å². The molecular formula is C29H30ClN3O. The lowest BCUT2D eigenvalue weighted by Gasteiger charge is -2.40. The number of hydrogen-bond donors (Lipinski definition) is 0. The topological polar surface area (TPSA) is 28.5 Å². The molecule has 2 heterocycles. The third kappa shape index (κ3) is 4.13. The highest BCUT2D eigenvalue weighted by molar-refractivity contribution is 6.31. The Bertz CT molecular complexity index is 1250. The third-order valence-electron chi connectivity index (χ3n) is 6.99. The van der Waals surface area contributed by atoms with Crippen LogP contribution in [0.2, 0.25) is 5.02 Å². The lowest BCUT2D eigenvalue weighted by Crippen LogP contribution is -2.50. The van der Waals surface area contributed by atoms with Gasteiger partial charge < -0.3 is 9.47 Å². The van der Waals surface area contributed by atoms with Crippen LogP contribution in [0, 0.1) is 6.92 Å². The highest BCUT2D eigenvalue weighted by Crippen LogP contribution is 2.32. The normalized spacial score (nSPS) is 14.8. The van der Waals surface area contributed by atoms with Crippen LogP contribution < -0.4 is 0 Å². The number of hydrogen-bond acceptors (Lipinski definition) is 2. The summed E-state index contributed by atoms with van der Waals surface area (Å²) in [6.07, 6.45) is 0. The van der Waals surface area contributed by atoms with Gasteiger partial charge in [-0.25, -0.2) is 0 Å². The van der Waals surface area contributed by atoms with E-state index in [-0.39, 0.29) is 11.9 Å². The minimum absolute atomic E-state index is 0.113. The fraction of sp³-hybridized carbons (Fsp3) is 0.276. The molecule has 0 N–H and O–H groups in total. The van der Waals surface area contributed by atoms with Gasteiger partial charge >= 0.3 is 0 Å². The number of carbonyl (C=O) groups excluding carboxylic acids is 1. The number of aryl methyl sites for hydroxylation is 2. The molecular weight excluding hydrogens is 442 g/mol. The molecule has 1 aliphatic heterocycles. The molecule has 1 aromatic heterocycles. The second kappa shape index (κ2) is 9.65. The fourth-order valence-electron chi connectivity index (χ4n) is 5.32. The van der Waals surface area contributed by atoms with Crippen LogP contribution in [0.15, 0.2) is 78.9 Å². The molecule has 5 rings (SSSR count). The molecule has 0 saturated carbocycles. The minimum Gasteiger partial charge on any atom is -0.337 e. The zero-order valence-corrected chi connectivity index (χ0v) is 20.5. The maximum absolute atomic E-state index is 13.7. The first kappa shape index (κ1) is 22.7. The number of benzene rings is 3. The second-order valence-electron chi connectivity index (χ2n) is 8.93. The molecule has 5 heteroatoms. The van der Waals surface area contributed by atoms with E-state index in [1.807, 2.05) is 30.0 Å². The highest BCUT2D eigenvalue weighted by atomic mass is 35.5. The van der Waals surface area contributed by atoms with Crippen molar-refractivity contribution in [1.82, 2.24) is 14.4 Å². The smallest absolute Gasteiger partial charge is 0.270 e. The lowest BCUT2D eigenvalue weighted by atomic mass is 9.96. The van der Waals surface area contributed by atoms with Crippen molar-refractivity contribution in [3.63, 3.8) is 0 Å². The summed E-state index contributed by atoms with van der Waals surface area (Å²) in [5.41, 5.74) is 5.44. The van der Waals surface area contributed by atoms with Gasteiger partial charge in [-0.1, -0.05) is 72.3 Å². The average molecular weight is 472 g/mol. The Morgan fingerprint density at radius 3 is 2.03 bits per heavy atom. The van der Waals surface area contributed by atoms with Crippen LogP contribution in [-0.2, 0) is 6.54 Å². The predicted octanol–water partition coefficient (Wildman–Crippen LogP) is 6.17. The Balaban J connectivity index is 1.40. The summed E-state index contributed by atoms with van der Waals surface area (Å²) in [5, 5.41) is 1.76. The Hall–Kier alpha value is -3.08. The number of piperazine rings is 1. The van der Waals surface area contributed by atoms with Gasteiger partial charge in [0.25, 0.3) is 5.91 Å². The molecule has 1 amide bonds. The first-order valence-corrected chi connectivity index (χ1v) is 12.4. The molecule has 0 atom stereocenters. The van der Waals surface area contributed by atoms with Crippen molar-refractivity contribution in [2.75, 3.05) is 26.2 Å². The van der Waals surface area contributed by atoms with Gasteiger partial charge in [0, 0.05) is 48.6 Å². The zero-order chi connectivity index (χ0) is 23.7. The number of nitrogens with zero attached hydrogens (tertiary/aromatic N) is 3. The van der Waals surface area contributed by atoms with Crippen molar-refractivity contribution in [3.8, 4) is 0 Å². The maximum atomic E-state index is 13.7. The monoisotopic (exact) mass is 471 g/mol. The molecule has 174 valence electrons. The van der Waals surface area contributed by atoms with E-state index in [4.69, 9.17) is 11.6 Å². The van der Waals surface area contributed by atoms with E-state index in [9.17, 15) is 4.79 Å². The number of halogens is 1. The van der Waals surface area contributed by atoms with E-state index < -0.39 is 0 Å². The Morgan fingerprint density at radius 1 is 0.882 bits per heavy atom. The zero-order valence-electron chi connectivity index (χ0n) is 19.7. The highest BCUT2D eigenvalue weighted by Gasteiger charge is 2.30. The molecule has 0 unspecified atom stereocenters. The van der Waals surface area contributed by atoms with Gasteiger partial charge in [0.1, 0.15) is 5.69 Å². The summed E-state index contributed by atoms with van der Waals surface area (Å²) in [5.74, 6) is 0.113. The third-order valence-corrected chi connectivity index (χ3v) is 7.23. The van der Waals surface area contributed by atoms with Gasteiger partial charge in [0.15, 0.2) is 0 Å². The van der Waals surface area contributed by atoms with E-state index >= 15 is 0 Å². The second-order valence-corrected chi connectivity index (χ2v) is 9.37. The molecule has 34 heavy (non-hydrogen) atoms. The molecule has 4 nitrogen and oxygen atoms in total. The summed E-state index contributed by atoms with van der Waals surface area (Å²) in [6, 6.07) is 27.4. The molecule has 1 aliphatic rings. The fourth-order valence-corrected chi connectivity index (χ4v) is 5.49. The Labute approximate surface area is 206 Å². The van der Waals surface area contributed by atoms with Crippen LogP contribution in [0.1, 0.15) is 40.1 Å². The van der Waals surface area contributed by atoms with Gasteiger partial charge in [0.05, 0.1) is 6.04 Å². The lowest BCUT2D eigenvalue weighted by molar-refractivity contribution is 0.0587. The summed E-state index contributed by atoms with van der Waals surface area (Å²) in [4.78, 5) is 18.2. The summed E-state index contributed by atoms with van der Waals surface area (Å²) in [6.45, 7) is 7.95. The largest absolute Gasteiger partial charge is 0.337 e. The number of carbonyl (C=O) groups is 1. The number of aromatic nitrogens is 1. The van der Waals surface area contributed by atoms with E-state index in [2.05, 4.69) is 77.1 Å². The van der Waals surface area contributed by atoms with Crippen molar-refractivity contribution in [2.24, 2.45) is 0 Å². The quantitative estimate of drug-likeness (QED) is 0.348. The van der Waals surface area contributed by atoms with Crippen LogP contribution in [0.25, 0.3) is 10.9 Å². The van der Waals surface area contributed by atoms with E-state index in [1.165, 1.54) is 11.1 Å². The van der Waals surface area contributed by atoms with Crippen LogP contribution in [0.3, 0.4) is 0 Å². The maximum Gasteiger partial charge on any atom is 0.270 e. The molecule has 0 aliphatic carbocycles. The molecule has 1 fully saturated rings. The van der Waals surface area contributed by atoms with Crippen molar-refractivity contribution in [1.29, 1.82) is 0 Å². The number of fused-ring (bicyclic) bond motifs is 1. The van der Waals surface area contributed by atoms with Gasteiger partial charge in [-0.3, -0.25) is 9.69 Å². The molecule has 3 aromatic carbocycles. The first-order chi connectivity index (χ1) is 16.6. The van der Waals surface area contributed by atoms with Crippen molar-refractivity contribution < 1.29 is 4.79 Å². The molecule has 0 bridgehead atoms. The first-order valence-electron chi connectivity index (χ1n) is 12.0. The van der Waals surface area contributed by atoms with Gasteiger partial charge in [-0.2, -0.15) is 0 Å². The molecule has 0 spiro atoms. The van der Waals surface area contributed by atoms with Gasteiger partial charge in [-0.15, -0.1) is 0 Å². The van der Waals surface area contributed by atoms with E-state index in [1.54, 1.807) is 0 Å². The van der Waals surface area contributed by atoms with Crippen LogP contribution in [0.5, 0.6) is 0 Å². The molecule has 0 radical (unpaired) electrons. The summed E-state index contributed by atoms with van der Waals surface area (Å²) < 4.78 is 2.13. The Morgan fingerprint density at radius 2 is 1.47 bits per heavy atom. The van der Waals surface area contributed by atoms with Crippen molar-refractivity contribution in [2.45, 2.75) is 26.4 Å². The average Bonchev–Trinajstić information content (AvgIpc) is 3.16. The summed E-state index contributed by atoms with van der Waals surface area (Å²) in [7, 11) is 0. The SMILES string of the molecule is CCn1c(C(=O)N2CCN(C(c3ccccc3)c3ccccc3)CC2)c(C)c2cc(Cl)ccc21. The standard InChI is InChI=1S/C29H30ClN3O/c1-3-33-26-15-14-24(30)20-25(26)21(2)27(33)29(34)32-18-16-31(17-19-32)28(22-10-6-4-7-11-22)23-12-8-5-9-13-23/h4-15,20,28H,3,16-19H2,1-2H3. The number of rotatable bonds is 5. The van der Waals surface area contributed by atoms with E-state index in [0.29, 0.717) is 18.1 Å². The predicted molar refractivity (Wildman–Crippen MR) is 140 cm³/mol. The summed E-state index contributed by atoms with van der Waals surface area (Å²) >= 11 is 6.26. The minimum atomic E-state index is 0.113. The van der Waals surface area contributed by atoms with Crippen molar-refractivity contribution in [3.05, 3.63) is 106 Å². The molecule has 4 aromatic rings. The van der Waals surface area contributed by atoms with E-state index in [0.717, 1.165) is 41.8 Å². The van der Waals surface area contributed by atoms with Crippen LogP contribution >= 0.6 is 11.6 Å². The number of amides is 1. The molecule has 1 saturated heterocycles.